The Bertz CT molecular complexity index is 669. The minimum Gasteiger partial charge on any atom is -0.496 e. The third-order valence-corrected chi connectivity index (χ3v) is 3.06. The maximum absolute atomic E-state index is 12.2. The molecule has 0 aromatic heterocycles. The minimum atomic E-state index is -0.0684. The van der Waals surface area contributed by atoms with Gasteiger partial charge in [0.2, 0.25) is 0 Å². The lowest BCUT2D eigenvalue weighted by Gasteiger charge is -2.04. The Labute approximate surface area is 130 Å². The molecule has 3 heteroatoms. The second kappa shape index (κ2) is 7.84. The van der Waals surface area contributed by atoms with Crippen LogP contribution in [0.25, 0.3) is 6.08 Å². The van der Waals surface area contributed by atoms with E-state index in [4.69, 9.17) is 9.47 Å². The third-order valence-electron chi connectivity index (χ3n) is 3.06. The van der Waals surface area contributed by atoms with E-state index in [1.807, 2.05) is 24.3 Å². The van der Waals surface area contributed by atoms with E-state index in [0.29, 0.717) is 17.9 Å². The standard InChI is InChI=1S/C19H18O3/c1-3-14-22-17-11-8-15(9-12-17)18(20)13-10-16-6-4-5-7-19(16)21-2/h3-13H,1,14H2,2H3/b13-10+. The van der Waals surface area contributed by atoms with Crippen molar-refractivity contribution < 1.29 is 14.3 Å². The molecule has 0 unspecified atom stereocenters. The number of benzene rings is 2. The van der Waals surface area contributed by atoms with Crippen LogP contribution in [0.15, 0.2) is 67.3 Å². The number of hydrogen-bond donors (Lipinski definition) is 0. The summed E-state index contributed by atoms with van der Waals surface area (Å²) >= 11 is 0. The molecule has 0 N–H and O–H groups in total. The van der Waals surface area contributed by atoms with Crippen molar-refractivity contribution in [2.24, 2.45) is 0 Å². The fourth-order valence-corrected chi connectivity index (χ4v) is 1.94. The Balaban J connectivity index is 2.08. The van der Waals surface area contributed by atoms with Crippen LogP contribution in [0.3, 0.4) is 0 Å². The number of carbonyl (C=O) groups is 1. The van der Waals surface area contributed by atoms with E-state index in [1.165, 1.54) is 6.08 Å². The Kier molecular flexibility index (Phi) is 5.55. The summed E-state index contributed by atoms with van der Waals surface area (Å²) in [7, 11) is 1.61. The van der Waals surface area contributed by atoms with Crippen molar-refractivity contribution in [1.29, 1.82) is 0 Å². The summed E-state index contributed by atoms with van der Waals surface area (Å²) in [6, 6.07) is 14.6. The number of ketones is 1. The molecule has 0 fully saturated rings. The van der Waals surface area contributed by atoms with Crippen LogP contribution >= 0.6 is 0 Å². The molecule has 0 atom stereocenters. The smallest absolute Gasteiger partial charge is 0.185 e. The van der Waals surface area contributed by atoms with Gasteiger partial charge >= 0.3 is 0 Å². The molecule has 0 bridgehead atoms. The Morgan fingerprint density at radius 2 is 1.86 bits per heavy atom. The van der Waals surface area contributed by atoms with Crippen LogP contribution in [0.5, 0.6) is 11.5 Å². The van der Waals surface area contributed by atoms with Gasteiger partial charge in [0.05, 0.1) is 7.11 Å². The topological polar surface area (TPSA) is 35.5 Å². The van der Waals surface area contributed by atoms with Gasteiger partial charge in [-0.1, -0.05) is 30.9 Å². The lowest BCUT2D eigenvalue weighted by Crippen LogP contribution is -1.96. The van der Waals surface area contributed by atoms with Crippen LogP contribution in [0.2, 0.25) is 0 Å². The van der Waals surface area contributed by atoms with Gasteiger partial charge in [-0.05, 0) is 42.5 Å². The second-order valence-electron chi connectivity index (χ2n) is 4.56. The maximum Gasteiger partial charge on any atom is 0.185 e. The van der Waals surface area contributed by atoms with Crippen molar-refractivity contribution in [3.63, 3.8) is 0 Å². The molecular weight excluding hydrogens is 276 g/mol. The molecule has 0 saturated carbocycles. The van der Waals surface area contributed by atoms with Crippen LogP contribution in [0.1, 0.15) is 15.9 Å². The minimum absolute atomic E-state index is 0.0684. The molecule has 22 heavy (non-hydrogen) atoms. The van der Waals surface area contributed by atoms with Crippen molar-refractivity contribution in [3.8, 4) is 11.5 Å². The highest BCUT2D eigenvalue weighted by Crippen LogP contribution is 2.19. The number of allylic oxidation sites excluding steroid dienone is 1. The molecule has 0 saturated heterocycles. The zero-order chi connectivity index (χ0) is 15.8. The maximum atomic E-state index is 12.2. The van der Waals surface area contributed by atoms with Gasteiger partial charge < -0.3 is 9.47 Å². The van der Waals surface area contributed by atoms with E-state index < -0.39 is 0 Å². The van der Waals surface area contributed by atoms with E-state index in [-0.39, 0.29) is 5.78 Å². The molecule has 0 aliphatic rings. The first kappa shape index (κ1) is 15.6. The second-order valence-corrected chi connectivity index (χ2v) is 4.56. The van der Waals surface area contributed by atoms with Crippen molar-refractivity contribution in [2.45, 2.75) is 0 Å². The molecule has 0 radical (unpaired) electrons. The van der Waals surface area contributed by atoms with E-state index in [2.05, 4.69) is 6.58 Å². The molecule has 0 heterocycles. The molecule has 2 aromatic carbocycles. The first-order valence-electron chi connectivity index (χ1n) is 6.94. The highest BCUT2D eigenvalue weighted by molar-refractivity contribution is 6.07. The molecule has 2 rings (SSSR count). The molecule has 112 valence electrons. The fourth-order valence-electron chi connectivity index (χ4n) is 1.94. The zero-order valence-electron chi connectivity index (χ0n) is 12.5. The predicted molar refractivity (Wildman–Crippen MR) is 88.5 cm³/mol. The molecule has 0 amide bonds. The summed E-state index contributed by atoms with van der Waals surface area (Å²) in [6.45, 7) is 4.04. The van der Waals surface area contributed by atoms with Gasteiger partial charge in [-0.25, -0.2) is 0 Å². The highest BCUT2D eigenvalue weighted by Gasteiger charge is 2.03. The van der Waals surface area contributed by atoms with Crippen molar-refractivity contribution in [2.75, 3.05) is 13.7 Å². The average Bonchev–Trinajstić information content (AvgIpc) is 2.58. The monoisotopic (exact) mass is 294 g/mol. The Hall–Kier alpha value is -2.81. The molecular formula is C19H18O3. The van der Waals surface area contributed by atoms with Crippen molar-refractivity contribution in [3.05, 3.63) is 78.4 Å². The van der Waals surface area contributed by atoms with Crippen LogP contribution < -0.4 is 9.47 Å². The van der Waals surface area contributed by atoms with E-state index >= 15 is 0 Å². The third kappa shape index (κ3) is 4.09. The molecule has 3 nitrogen and oxygen atoms in total. The SMILES string of the molecule is C=CCOc1ccc(C(=O)/C=C/c2ccccc2OC)cc1. The summed E-state index contributed by atoms with van der Waals surface area (Å²) in [6.07, 6.45) is 4.97. The molecule has 0 aliphatic heterocycles. The summed E-state index contributed by atoms with van der Waals surface area (Å²) in [5.41, 5.74) is 1.47. The number of methoxy groups -OCH3 is 1. The summed E-state index contributed by atoms with van der Waals surface area (Å²) in [4.78, 5) is 12.2. The van der Waals surface area contributed by atoms with E-state index in [0.717, 1.165) is 11.3 Å². The van der Waals surface area contributed by atoms with Crippen molar-refractivity contribution in [1.82, 2.24) is 0 Å². The average molecular weight is 294 g/mol. The number of ether oxygens (including phenoxy) is 2. The lowest BCUT2D eigenvalue weighted by molar-refractivity contribution is 0.104. The van der Waals surface area contributed by atoms with Gasteiger partial charge in [0.25, 0.3) is 0 Å². The van der Waals surface area contributed by atoms with Gasteiger partial charge in [0.15, 0.2) is 5.78 Å². The summed E-state index contributed by atoms with van der Waals surface area (Å²) in [5.74, 6) is 1.38. The largest absolute Gasteiger partial charge is 0.496 e. The molecule has 0 spiro atoms. The highest BCUT2D eigenvalue weighted by atomic mass is 16.5. The quantitative estimate of drug-likeness (QED) is 0.437. The van der Waals surface area contributed by atoms with E-state index in [1.54, 1.807) is 43.5 Å². The number of hydrogen-bond acceptors (Lipinski definition) is 3. The van der Waals surface area contributed by atoms with Crippen LogP contribution in [-0.4, -0.2) is 19.5 Å². The normalized spacial score (nSPS) is 10.4. The lowest BCUT2D eigenvalue weighted by atomic mass is 10.1. The van der Waals surface area contributed by atoms with Crippen molar-refractivity contribution >= 4 is 11.9 Å². The van der Waals surface area contributed by atoms with Crippen LogP contribution in [-0.2, 0) is 0 Å². The van der Waals surface area contributed by atoms with Gasteiger partial charge in [-0.15, -0.1) is 0 Å². The van der Waals surface area contributed by atoms with Crippen LogP contribution in [0, 0.1) is 0 Å². The molecule has 0 aliphatic carbocycles. The summed E-state index contributed by atoms with van der Waals surface area (Å²) in [5, 5.41) is 0. The predicted octanol–water partition coefficient (Wildman–Crippen LogP) is 4.16. The molecule has 2 aromatic rings. The Morgan fingerprint density at radius 1 is 1.14 bits per heavy atom. The van der Waals surface area contributed by atoms with Crippen LogP contribution in [0.4, 0.5) is 0 Å². The number of para-hydroxylation sites is 1. The number of rotatable bonds is 7. The fraction of sp³-hybridized carbons (Fsp3) is 0.105. The first-order chi connectivity index (χ1) is 10.7. The van der Waals surface area contributed by atoms with E-state index in [9.17, 15) is 4.79 Å². The Morgan fingerprint density at radius 3 is 2.55 bits per heavy atom. The van der Waals surface area contributed by atoms with Gasteiger partial charge in [0.1, 0.15) is 18.1 Å². The zero-order valence-corrected chi connectivity index (χ0v) is 12.5. The van der Waals surface area contributed by atoms with Gasteiger partial charge in [-0.2, -0.15) is 0 Å². The number of carbonyl (C=O) groups excluding carboxylic acids is 1. The van der Waals surface area contributed by atoms with Gasteiger partial charge in [-0.3, -0.25) is 4.79 Å². The summed E-state index contributed by atoms with van der Waals surface area (Å²) < 4.78 is 10.6. The van der Waals surface area contributed by atoms with Gasteiger partial charge in [0, 0.05) is 11.1 Å². The first-order valence-corrected chi connectivity index (χ1v) is 6.94.